The van der Waals surface area contributed by atoms with E-state index < -0.39 is 0 Å². The lowest BCUT2D eigenvalue weighted by Crippen LogP contribution is -2.07. The molecule has 2 aromatic heterocycles. The lowest BCUT2D eigenvalue weighted by atomic mass is 9.99. The van der Waals surface area contributed by atoms with Crippen LogP contribution in [0.1, 0.15) is 11.4 Å². The van der Waals surface area contributed by atoms with E-state index in [9.17, 15) is 4.39 Å². The summed E-state index contributed by atoms with van der Waals surface area (Å²) >= 11 is 0. The fraction of sp³-hybridized carbons (Fsp3) is 0.222. The Labute approximate surface area is 76.8 Å². The summed E-state index contributed by atoms with van der Waals surface area (Å²) in [7, 11) is 5.51. The molecule has 0 saturated carbocycles. The Morgan fingerprint density at radius 1 is 1.46 bits per heavy atom. The minimum atomic E-state index is -0.379. The molecule has 0 bridgehead atoms. The minimum absolute atomic E-state index is 0.337. The number of rotatable bonds is 0. The van der Waals surface area contributed by atoms with E-state index in [1.807, 2.05) is 13.8 Å². The van der Waals surface area contributed by atoms with E-state index in [1.54, 1.807) is 10.6 Å². The number of imidazole rings is 1. The highest BCUT2D eigenvalue weighted by atomic mass is 19.1. The fourth-order valence-corrected chi connectivity index (χ4v) is 1.35. The maximum atomic E-state index is 13.3. The van der Waals surface area contributed by atoms with Crippen LogP contribution < -0.4 is 5.46 Å². The van der Waals surface area contributed by atoms with Crippen LogP contribution in [0.4, 0.5) is 4.39 Å². The van der Waals surface area contributed by atoms with Gasteiger partial charge in [0.15, 0.2) is 11.5 Å². The van der Waals surface area contributed by atoms with E-state index in [2.05, 4.69) is 4.98 Å². The van der Waals surface area contributed by atoms with Crippen LogP contribution in [0.3, 0.4) is 0 Å². The average Bonchev–Trinajstić information content (AvgIpc) is 2.32. The summed E-state index contributed by atoms with van der Waals surface area (Å²) in [4.78, 5) is 4.09. The maximum absolute atomic E-state index is 13.3. The van der Waals surface area contributed by atoms with Crippen molar-refractivity contribution in [1.82, 2.24) is 9.38 Å². The van der Waals surface area contributed by atoms with Crippen molar-refractivity contribution in [3.63, 3.8) is 0 Å². The SMILES string of the molecule is [B]c1cc(F)c2nc(C)c(C)n2c1. The number of aryl methyl sites for hydroxylation is 2. The summed E-state index contributed by atoms with van der Waals surface area (Å²) < 4.78 is 14.9. The number of fused-ring (bicyclic) bond motifs is 1. The molecule has 0 amide bonds. The molecule has 2 aromatic rings. The Hall–Kier alpha value is -1.32. The van der Waals surface area contributed by atoms with Crippen molar-refractivity contribution in [2.75, 3.05) is 0 Å². The summed E-state index contributed by atoms with van der Waals surface area (Å²) in [5.41, 5.74) is 2.49. The molecule has 4 heteroatoms. The molecule has 2 rings (SSSR count). The highest BCUT2D eigenvalue weighted by molar-refractivity contribution is 6.32. The van der Waals surface area contributed by atoms with E-state index in [4.69, 9.17) is 7.85 Å². The lowest BCUT2D eigenvalue weighted by Gasteiger charge is -1.99. The predicted molar refractivity (Wildman–Crippen MR) is 50.0 cm³/mol. The highest BCUT2D eigenvalue weighted by Gasteiger charge is 2.08. The van der Waals surface area contributed by atoms with Gasteiger partial charge in [-0.3, -0.25) is 0 Å². The Kier molecular flexibility index (Phi) is 1.65. The number of pyridine rings is 1. The van der Waals surface area contributed by atoms with Gasteiger partial charge in [0.25, 0.3) is 0 Å². The fourth-order valence-electron chi connectivity index (χ4n) is 1.35. The number of hydrogen-bond acceptors (Lipinski definition) is 1. The summed E-state index contributed by atoms with van der Waals surface area (Å²) in [6, 6.07) is 1.28. The molecular formula is C9H8BFN2. The van der Waals surface area contributed by atoms with Gasteiger partial charge in [-0.2, -0.15) is 0 Å². The topological polar surface area (TPSA) is 17.3 Å². The van der Waals surface area contributed by atoms with Crippen LogP contribution in [0.5, 0.6) is 0 Å². The van der Waals surface area contributed by atoms with Crippen LogP contribution in [0, 0.1) is 19.7 Å². The Morgan fingerprint density at radius 2 is 2.15 bits per heavy atom. The first-order chi connectivity index (χ1) is 6.09. The van der Waals surface area contributed by atoms with Crippen molar-refractivity contribution in [1.29, 1.82) is 0 Å². The number of nitrogens with zero attached hydrogens (tertiary/aromatic N) is 2. The van der Waals surface area contributed by atoms with Crippen LogP contribution in [0.25, 0.3) is 5.65 Å². The maximum Gasteiger partial charge on any atom is 0.173 e. The molecule has 0 fully saturated rings. The first-order valence-corrected chi connectivity index (χ1v) is 4.00. The van der Waals surface area contributed by atoms with Crippen LogP contribution in [0.15, 0.2) is 12.3 Å². The van der Waals surface area contributed by atoms with E-state index >= 15 is 0 Å². The molecule has 0 atom stereocenters. The van der Waals surface area contributed by atoms with Gasteiger partial charge in [0.2, 0.25) is 0 Å². The first kappa shape index (κ1) is 8.29. The summed E-state index contributed by atoms with van der Waals surface area (Å²) in [6.07, 6.45) is 1.67. The zero-order chi connectivity index (χ0) is 9.59. The highest BCUT2D eigenvalue weighted by Crippen LogP contribution is 2.12. The molecule has 0 aliphatic carbocycles. The number of hydrogen-bond donors (Lipinski definition) is 0. The second-order valence-corrected chi connectivity index (χ2v) is 3.10. The first-order valence-electron chi connectivity index (χ1n) is 4.00. The van der Waals surface area contributed by atoms with Gasteiger partial charge in [-0.25, -0.2) is 9.37 Å². The Morgan fingerprint density at radius 3 is 2.85 bits per heavy atom. The standard InChI is InChI=1S/C9H8BFN2/c1-5-6(2)13-4-7(10)3-8(11)9(13)12-5/h3-4H,1-2H3. The van der Waals surface area contributed by atoms with Gasteiger partial charge in [-0.15, -0.1) is 0 Å². The Balaban J connectivity index is 2.94. The normalized spacial score (nSPS) is 11.0. The Bertz CT molecular complexity index is 476. The zero-order valence-electron chi connectivity index (χ0n) is 7.50. The van der Waals surface area contributed by atoms with Crippen molar-refractivity contribution < 1.29 is 4.39 Å². The van der Waals surface area contributed by atoms with Gasteiger partial charge in [0, 0.05) is 11.9 Å². The van der Waals surface area contributed by atoms with Gasteiger partial charge in [-0.1, -0.05) is 5.46 Å². The smallest absolute Gasteiger partial charge is 0.173 e. The van der Waals surface area contributed by atoms with Gasteiger partial charge < -0.3 is 4.40 Å². The van der Waals surface area contributed by atoms with Crippen molar-refractivity contribution >= 4 is 19.0 Å². The van der Waals surface area contributed by atoms with Crippen molar-refractivity contribution in [3.05, 3.63) is 29.5 Å². The summed E-state index contributed by atoms with van der Waals surface area (Å²) in [5, 5.41) is 0. The summed E-state index contributed by atoms with van der Waals surface area (Å²) in [5.74, 6) is -0.379. The van der Waals surface area contributed by atoms with Crippen LogP contribution >= 0.6 is 0 Å². The third-order valence-corrected chi connectivity index (χ3v) is 2.17. The monoisotopic (exact) mass is 174 g/mol. The van der Waals surface area contributed by atoms with E-state index in [0.29, 0.717) is 11.1 Å². The molecule has 2 heterocycles. The zero-order valence-corrected chi connectivity index (χ0v) is 7.50. The van der Waals surface area contributed by atoms with Gasteiger partial charge in [0.05, 0.1) is 5.69 Å². The van der Waals surface area contributed by atoms with Crippen molar-refractivity contribution in [2.24, 2.45) is 0 Å². The number of halogens is 1. The van der Waals surface area contributed by atoms with Gasteiger partial charge in [0.1, 0.15) is 7.85 Å². The molecule has 2 radical (unpaired) electrons. The molecule has 0 aliphatic heterocycles. The van der Waals surface area contributed by atoms with E-state index in [0.717, 1.165) is 11.4 Å². The molecule has 0 aromatic carbocycles. The quantitative estimate of drug-likeness (QED) is 0.542. The van der Waals surface area contributed by atoms with E-state index in [-0.39, 0.29) is 5.82 Å². The third kappa shape index (κ3) is 1.13. The molecular weight excluding hydrogens is 166 g/mol. The lowest BCUT2D eigenvalue weighted by molar-refractivity contribution is 0.631. The molecule has 0 spiro atoms. The van der Waals surface area contributed by atoms with Crippen LogP contribution in [0.2, 0.25) is 0 Å². The second-order valence-electron chi connectivity index (χ2n) is 3.10. The van der Waals surface area contributed by atoms with Crippen molar-refractivity contribution in [3.8, 4) is 0 Å². The van der Waals surface area contributed by atoms with Crippen LogP contribution in [-0.2, 0) is 0 Å². The predicted octanol–water partition coefficient (Wildman–Crippen LogP) is 0.884. The van der Waals surface area contributed by atoms with Crippen molar-refractivity contribution in [2.45, 2.75) is 13.8 Å². The molecule has 0 aliphatic rings. The minimum Gasteiger partial charge on any atom is -0.302 e. The van der Waals surface area contributed by atoms with E-state index in [1.165, 1.54) is 6.07 Å². The molecule has 0 saturated heterocycles. The molecule has 13 heavy (non-hydrogen) atoms. The molecule has 2 nitrogen and oxygen atoms in total. The van der Waals surface area contributed by atoms with Crippen LogP contribution in [-0.4, -0.2) is 17.2 Å². The third-order valence-electron chi connectivity index (χ3n) is 2.17. The second kappa shape index (κ2) is 2.59. The largest absolute Gasteiger partial charge is 0.302 e. The van der Waals surface area contributed by atoms with Gasteiger partial charge >= 0.3 is 0 Å². The summed E-state index contributed by atoms with van der Waals surface area (Å²) in [6.45, 7) is 3.73. The molecule has 0 unspecified atom stereocenters. The molecule has 0 N–H and O–H groups in total. The van der Waals surface area contributed by atoms with Gasteiger partial charge in [-0.05, 0) is 19.9 Å². The molecule has 64 valence electrons. The number of aromatic nitrogens is 2. The average molecular weight is 174 g/mol.